The Morgan fingerprint density at radius 1 is 1.23 bits per heavy atom. The zero-order valence-corrected chi connectivity index (χ0v) is 18.1. The van der Waals surface area contributed by atoms with Gasteiger partial charge >= 0.3 is 0 Å². The number of aromatic nitrogens is 3. The summed E-state index contributed by atoms with van der Waals surface area (Å²) < 4.78 is 5.34. The summed E-state index contributed by atoms with van der Waals surface area (Å²) in [6.07, 6.45) is 11.1. The van der Waals surface area contributed by atoms with Crippen LogP contribution in [0, 0.1) is 5.92 Å². The van der Waals surface area contributed by atoms with E-state index in [1.807, 2.05) is 12.1 Å². The molecule has 0 spiro atoms. The molecule has 164 valence electrons. The van der Waals surface area contributed by atoms with Crippen LogP contribution in [0.4, 0.5) is 0 Å². The number of guanidine groups is 1. The lowest BCUT2D eigenvalue weighted by molar-refractivity contribution is 0.160. The maximum atomic E-state index is 5.34. The van der Waals surface area contributed by atoms with E-state index in [9.17, 15) is 0 Å². The molecule has 0 unspecified atom stereocenters. The third kappa shape index (κ3) is 5.84. The molecule has 8 heteroatoms. The fraction of sp³-hybridized carbons (Fsp3) is 0.682. The lowest BCUT2D eigenvalue weighted by Gasteiger charge is -2.36. The smallest absolute Gasteiger partial charge is 0.216 e. The molecule has 3 heterocycles. The van der Waals surface area contributed by atoms with Gasteiger partial charge in [-0.3, -0.25) is 5.10 Å². The van der Waals surface area contributed by atoms with E-state index in [-0.39, 0.29) is 0 Å². The SMILES string of the molecule is CCNC(=NCc1nc(-c2ccco2)n[nH]1)NC1CCN(CC2CCCCC2)CC1. The van der Waals surface area contributed by atoms with E-state index in [1.54, 1.807) is 6.26 Å². The second-order valence-electron chi connectivity index (χ2n) is 8.50. The molecule has 2 aromatic heterocycles. The molecule has 0 bridgehead atoms. The van der Waals surface area contributed by atoms with Gasteiger partial charge in [-0.25, -0.2) is 9.98 Å². The van der Waals surface area contributed by atoms with Gasteiger partial charge in [-0.15, -0.1) is 5.10 Å². The number of hydrogen-bond donors (Lipinski definition) is 3. The fourth-order valence-corrected chi connectivity index (χ4v) is 4.54. The Bertz CT molecular complexity index is 771. The van der Waals surface area contributed by atoms with Crippen LogP contribution >= 0.6 is 0 Å². The zero-order valence-electron chi connectivity index (χ0n) is 18.1. The Kier molecular flexibility index (Phi) is 7.39. The van der Waals surface area contributed by atoms with Gasteiger partial charge in [0, 0.05) is 32.2 Å². The van der Waals surface area contributed by atoms with Gasteiger partial charge in [0.25, 0.3) is 0 Å². The van der Waals surface area contributed by atoms with Crippen molar-refractivity contribution in [2.45, 2.75) is 64.5 Å². The van der Waals surface area contributed by atoms with Gasteiger partial charge in [-0.05, 0) is 50.7 Å². The van der Waals surface area contributed by atoms with Gasteiger partial charge < -0.3 is 20.0 Å². The normalized spacial score (nSPS) is 19.8. The molecule has 8 nitrogen and oxygen atoms in total. The lowest BCUT2D eigenvalue weighted by Crippen LogP contribution is -2.49. The van der Waals surface area contributed by atoms with E-state index in [0.29, 0.717) is 24.2 Å². The van der Waals surface area contributed by atoms with E-state index < -0.39 is 0 Å². The number of piperidine rings is 1. The summed E-state index contributed by atoms with van der Waals surface area (Å²) >= 11 is 0. The number of furan rings is 1. The molecule has 1 aliphatic carbocycles. The second kappa shape index (κ2) is 10.6. The third-order valence-corrected chi connectivity index (χ3v) is 6.17. The molecule has 0 radical (unpaired) electrons. The molecule has 0 atom stereocenters. The highest BCUT2D eigenvalue weighted by atomic mass is 16.3. The van der Waals surface area contributed by atoms with Crippen LogP contribution in [0.1, 0.15) is 57.7 Å². The van der Waals surface area contributed by atoms with Gasteiger partial charge in [-0.1, -0.05) is 19.3 Å². The van der Waals surface area contributed by atoms with Crippen molar-refractivity contribution in [1.82, 2.24) is 30.7 Å². The number of aromatic amines is 1. The van der Waals surface area contributed by atoms with E-state index >= 15 is 0 Å². The second-order valence-corrected chi connectivity index (χ2v) is 8.50. The van der Waals surface area contributed by atoms with Gasteiger partial charge in [-0.2, -0.15) is 0 Å². The summed E-state index contributed by atoms with van der Waals surface area (Å²) in [5.74, 6) is 3.72. The lowest BCUT2D eigenvalue weighted by atomic mass is 9.88. The standard InChI is InChI=1S/C22H35N7O/c1-2-23-22(24-15-20-26-21(28-27-20)19-9-6-14-30-19)25-18-10-12-29(13-11-18)16-17-7-4-3-5-8-17/h6,9,14,17-18H,2-5,7-8,10-13,15-16H2,1H3,(H2,23,24,25)(H,26,27,28). The molecule has 1 aliphatic heterocycles. The van der Waals surface area contributed by atoms with Crippen LogP contribution in [0.5, 0.6) is 0 Å². The van der Waals surface area contributed by atoms with Crippen molar-refractivity contribution in [2.24, 2.45) is 10.9 Å². The first-order valence-corrected chi connectivity index (χ1v) is 11.5. The summed E-state index contributed by atoms with van der Waals surface area (Å²) in [6.45, 7) is 7.03. The Balaban J connectivity index is 1.25. The van der Waals surface area contributed by atoms with Gasteiger partial charge in [0.2, 0.25) is 5.82 Å². The van der Waals surface area contributed by atoms with Crippen molar-refractivity contribution in [3.63, 3.8) is 0 Å². The van der Waals surface area contributed by atoms with Crippen molar-refractivity contribution < 1.29 is 4.42 Å². The fourth-order valence-electron chi connectivity index (χ4n) is 4.54. The number of nitrogens with one attached hydrogen (secondary N) is 3. The van der Waals surface area contributed by atoms with Crippen LogP contribution in [0.3, 0.4) is 0 Å². The minimum atomic E-state index is 0.448. The van der Waals surface area contributed by atoms with E-state index in [4.69, 9.17) is 9.41 Å². The number of rotatable bonds is 7. The van der Waals surface area contributed by atoms with Crippen molar-refractivity contribution in [3.8, 4) is 11.6 Å². The highest BCUT2D eigenvalue weighted by molar-refractivity contribution is 5.80. The highest BCUT2D eigenvalue weighted by Gasteiger charge is 2.23. The molecule has 2 aromatic rings. The number of likely N-dealkylation sites (tertiary alicyclic amines) is 1. The third-order valence-electron chi connectivity index (χ3n) is 6.17. The number of hydrogen-bond acceptors (Lipinski definition) is 5. The van der Waals surface area contributed by atoms with Gasteiger partial charge in [0.05, 0.1) is 6.26 Å². The van der Waals surface area contributed by atoms with Crippen LogP contribution < -0.4 is 10.6 Å². The topological polar surface area (TPSA) is 94.4 Å². The minimum Gasteiger partial charge on any atom is -0.461 e. The maximum absolute atomic E-state index is 5.34. The molecule has 30 heavy (non-hydrogen) atoms. The number of H-pyrrole nitrogens is 1. The first-order chi connectivity index (χ1) is 14.8. The summed E-state index contributed by atoms with van der Waals surface area (Å²) in [7, 11) is 0. The molecule has 4 rings (SSSR count). The van der Waals surface area contributed by atoms with Crippen molar-refractivity contribution in [1.29, 1.82) is 0 Å². The highest BCUT2D eigenvalue weighted by Crippen LogP contribution is 2.25. The van der Waals surface area contributed by atoms with Gasteiger partial charge in [0.1, 0.15) is 12.4 Å². The quantitative estimate of drug-likeness (QED) is 0.477. The molecule has 1 saturated heterocycles. The van der Waals surface area contributed by atoms with Crippen molar-refractivity contribution in [2.75, 3.05) is 26.2 Å². The Morgan fingerprint density at radius 3 is 2.80 bits per heavy atom. The molecule has 0 aromatic carbocycles. The van der Waals surface area contributed by atoms with Gasteiger partial charge in [0.15, 0.2) is 11.7 Å². The number of aliphatic imine (C=N–C) groups is 1. The molecular formula is C22H35N7O. The molecule has 3 N–H and O–H groups in total. The number of nitrogens with zero attached hydrogens (tertiary/aromatic N) is 4. The van der Waals surface area contributed by atoms with E-state index in [2.05, 4.69) is 37.6 Å². The predicted octanol–water partition coefficient (Wildman–Crippen LogP) is 3.16. The molecule has 2 aliphatic rings. The average Bonchev–Trinajstić information content (AvgIpc) is 3.46. The minimum absolute atomic E-state index is 0.448. The van der Waals surface area contributed by atoms with Crippen molar-refractivity contribution >= 4 is 5.96 Å². The average molecular weight is 414 g/mol. The largest absolute Gasteiger partial charge is 0.461 e. The predicted molar refractivity (Wildman–Crippen MR) is 118 cm³/mol. The summed E-state index contributed by atoms with van der Waals surface area (Å²) in [5, 5.41) is 14.1. The molecule has 1 saturated carbocycles. The molecule has 0 amide bonds. The maximum Gasteiger partial charge on any atom is 0.216 e. The molecule has 2 fully saturated rings. The van der Waals surface area contributed by atoms with Crippen LogP contribution in [-0.4, -0.2) is 58.3 Å². The monoisotopic (exact) mass is 413 g/mol. The Morgan fingerprint density at radius 2 is 2.07 bits per heavy atom. The van der Waals surface area contributed by atoms with Crippen molar-refractivity contribution in [3.05, 3.63) is 24.2 Å². The summed E-state index contributed by atoms with van der Waals surface area (Å²) in [4.78, 5) is 11.8. The van der Waals surface area contributed by atoms with E-state index in [1.165, 1.54) is 64.6 Å². The Labute approximate surface area is 178 Å². The van der Waals surface area contributed by atoms with E-state index in [0.717, 1.165) is 24.2 Å². The van der Waals surface area contributed by atoms with Crippen LogP contribution in [0.15, 0.2) is 27.8 Å². The molecular weight excluding hydrogens is 378 g/mol. The van der Waals surface area contributed by atoms with Crippen LogP contribution in [0.25, 0.3) is 11.6 Å². The summed E-state index contributed by atoms with van der Waals surface area (Å²) in [6, 6.07) is 4.15. The first kappa shape index (κ1) is 20.9. The summed E-state index contributed by atoms with van der Waals surface area (Å²) in [5.41, 5.74) is 0. The zero-order chi connectivity index (χ0) is 20.6. The van der Waals surface area contributed by atoms with Crippen LogP contribution in [0.2, 0.25) is 0 Å². The van der Waals surface area contributed by atoms with Crippen LogP contribution in [-0.2, 0) is 6.54 Å². The Hall–Kier alpha value is -2.35. The first-order valence-electron chi connectivity index (χ1n) is 11.5.